The molecule has 0 saturated heterocycles. The van der Waals surface area contributed by atoms with Crippen molar-refractivity contribution >= 4 is 0 Å². The number of benzene rings is 1. The van der Waals surface area contributed by atoms with Crippen LogP contribution in [0.15, 0.2) is 30.3 Å². The predicted octanol–water partition coefficient (Wildman–Crippen LogP) is 1.46. The van der Waals surface area contributed by atoms with Crippen molar-refractivity contribution in [3.8, 4) is 5.75 Å². The number of rotatable bonds is 75. The summed E-state index contributed by atoms with van der Waals surface area (Å²) in [5.74, 6) is 0.838. The fourth-order valence-electron chi connectivity index (χ4n) is 5.96. The fourth-order valence-corrected chi connectivity index (χ4v) is 5.96. The molecule has 0 saturated carbocycles. The van der Waals surface area contributed by atoms with Crippen molar-refractivity contribution in [3.63, 3.8) is 0 Å². The molecule has 0 aromatic heterocycles. The molecule has 26 nitrogen and oxygen atoms in total. The fraction of sp³-hybridized carbons (Fsp3) is 0.893. The molecule has 1 aromatic carbocycles. The van der Waals surface area contributed by atoms with Crippen LogP contribution in [0.3, 0.4) is 0 Å². The number of aliphatic hydroxyl groups excluding tert-OH is 1. The quantitative estimate of drug-likeness (QED) is 0.0907. The van der Waals surface area contributed by atoms with Crippen molar-refractivity contribution in [2.45, 2.75) is 0 Å². The Bertz CT molecular complexity index is 1270. The lowest BCUT2D eigenvalue weighted by molar-refractivity contribution is -0.0320. The summed E-state index contributed by atoms with van der Waals surface area (Å²) in [6.07, 6.45) is 0. The predicted molar refractivity (Wildman–Crippen MR) is 299 cm³/mol. The lowest BCUT2D eigenvalue weighted by Crippen LogP contribution is -2.16. The summed E-state index contributed by atoms with van der Waals surface area (Å²) < 4.78 is 137. The van der Waals surface area contributed by atoms with Crippen LogP contribution in [0.2, 0.25) is 0 Å². The van der Waals surface area contributed by atoms with Gasteiger partial charge in [-0.25, -0.2) is 0 Å². The molecule has 82 heavy (non-hydrogen) atoms. The van der Waals surface area contributed by atoms with Crippen LogP contribution in [0.4, 0.5) is 0 Å². The van der Waals surface area contributed by atoms with E-state index >= 15 is 0 Å². The van der Waals surface area contributed by atoms with E-state index in [9.17, 15) is 0 Å². The van der Waals surface area contributed by atoms with Crippen molar-refractivity contribution in [1.29, 1.82) is 0 Å². The third-order valence-electron chi connectivity index (χ3n) is 10.0. The second-order valence-electron chi connectivity index (χ2n) is 16.6. The summed E-state index contributed by atoms with van der Waals surface area (Å²) in [5.41, 5.74) is 0. The number of hydrogen-bond donors (Lipinski definition) is 1. The summed E-state index contributed by atoms with van der Waals surface area (Å²) in [4.78, 5) is 0. The van der Waals surface area contributed by atoms with Crippen LogP contribution in [-0.2, 0) is 114 Å². The Labute approximate surface area is 488 Å². The largest absolute Gasteiger partial charge is 0.491 e. The molecule has 486 valence electrons. The highest BCUT2D eigenvalue weighted by Crippen LogP contribution is 2.07. The molecule has 0 radical (unpaired) electrons. The smallest absolute Gasteiger partial charge is 0.119 e. The minimum atomic E-state index is 0.0177. The number of para-hydroxylation sites is 1. The van der Waals surface area contributed by atoms with Crippen molar-refractivity contribution < 1.29 is 124 Å². The zero-order valence-electron chi connectivity index (χ0n) is 49.4. The number of hydrogen-bond acceptors (Lipinski definition) is 26. The zero-order chi connectivity index (χ0) is 58.1. The average molecular weight is 1200 g/mol. The molecule has 1 N–H and O–H groups in total. The van der Waals surface area contributed by atoms with Gasteiger partial charge in [0.25, 0.3) is 0 Å². The molecule has 0 aliphatic carbocycles. The maximum Gasteiger partial charge on any atom is 0.119 e. The second-order valence-corrected chi connectivity index (χ2v) is 16.6. The van der Waals surface area contributed by atoms with Gasteiger partial charge in [0.2, 0.25) is 0 Å². The van der Waals surface area contributed by atoms with Gasteiger partial charge < -0.3 is 124 Å². The molecule has 0 spiro atoms. The summed E-state index contributed by atoms with van der Waals surface area (Å²) >= 11 is 0. The molecule has 0 atom stereocenters. The lowest BCUT2D eigenvalue weighted by atomic mass is 10.3. The highest BCUT2D eigenvalue weighted by molar-refractivity contribution is 5.20. The van der Waals surface area contributed by atoms with Crippen molar-refractivity contribution in [3.05, 3.63) is 30.3 Å². The first-order valence-corrected chi connectivity index (χ1v) is 29.1. The van der Waals surface area contributed by atoms with E-state index in [1.54, 1.807) is 0 Å². The van der Waals surface area contributed by atoms with Crippen LogP contribution in [0.1, 0.15) is 0 Å². The van der Waals surface area contributed by atoms with E-state index in [0.29, 0.717) is 324 Å². The molecule has 0 aliphatic rings. The normalized spacial score (nSPS) is 11.7. The zero-order valence-corrected chi connectivity index (χ0v) is 49.4. The maximum atomic E-state index is 8.61. The number of aliphatic hydroxyl groups is 1. The third-order valence-corrected chi connectivity index (χ3v) is 10.0. The molecular weight excluding hydrogens is 1090 g/mol. The molecule has 0 bridgehead atoms. The topological polar surface area (TPSA) is 251 Å². The molecule has 0 fully saturated rings. The Kier molecular flexibility index (Phi) is 69.7. The lowest BCUT2D eigenvalue weighted by Gasteiger charge is -2.09. The highest BCUT2D eigenvalue weighted by atomic mass is 16.6. The first-order chi connectivity index (χ1) is 40.9. The van der Waals surface area contributed by atoms with Crippen LogP contribution in [0, 0.1) is 0 Å². The minimum Gasteiger partial charge on any atom is -0.491 e. The van der Waals surface area contributed by atoms with Crippen LogP contribution < -0.4 is 4.74 Å². The van der Waals surface area contributed by atoms with E-state index in [1.807, 2.05) is 30.3 Å². The number of ether oxygens (including phenoxy) is 25. The van der Waals surface area contributed by atoms with Crippen LogP contribution in [0.5, 0.6) is 5.75 Å². The molecule has 26 heteroatoms. The van der Waals surface area contributed by atoms with Gasteiger partial charge in [-0.3, -0.25) is 0 Å². The summed E-state index contributed by atoms with van der Waals surface area (Å²) in [7, 11) is 0. The monoisotopic (exact) mass is 1190 g/mol. The van der Waals surface area contributed by atoms with Gasteiger partial charge in [0.15, 0.2) is 0 Å². The van der Waals surface area contributed by atoms with Crippen molar-refractivity contribution in [2.75, 3.05) is 330 Å². The first-order valence-electron chi connectivity index (χ1n) is 29.1. The molecule has 0 unspecified atom stereocenters. The summed E-state index contributed by atoms with van der Waals surface area (Å²) in [6, 6.07) is 9.66. The summed E-state index contributed by atoms with van der Waals surface area (Å²) in [6.45, 7) is 23.9. The standard InChI is InChI=1S/C56H106O26/c57-6-7-58-8-9-59-10-11-60-12-13-61-14-15-62-16-17-63-18-19-64-20-21-65-22-23-66-24-25-67-26-27-68-28-29-69-30-31-70-32-33-71-34-35-72-36-37-73-38-39-74-40-41-75-42-43-76-44-45-77-46-47-78-48-49-79-50-51-80-52-53-81-54-55-82-56-4-2-1-3-5-56/h1-5,57H,6-55H2. The van der Waals surface area contributed by atoms with Gasteiger partial charge in [0.1, 0.15) is 12.4 Å². The van der Waals surface area contributed by atoms with Gasteiger partial charge >= 0.3 is 0 Å². The van der Waals surface area contributed by atoms with E-state index in [-0.39, 0.29) is 6.61 Å². The molecule has 0 aliphatic heterocycles. The minimum absolute atomic E-state index is 0.0177. The maximum absolute atomic E-state index is 8.61. The van der Waals surface area contributed by atoms with E-state index in [0.717, 1.165) is 5.75 Å². The van der Waals surface area contributed by atoms with Gasteiger partial charge in [0, 0.05) is 0 Å². The molecular formula is C56H106O26. The Balaban J connectivity index is 1.58. The second kappa shape index (κ2) is 73.3. The van der Waals surface area contributed by atoms with Gasteiger partial charge in [-0.2, -0.15) is 0 Å². The molecule has 1 aromatic rings. The van der Waals surface area contributed by atoms with Crippen LogP contribution in [0.25, 0.3) is 0 Å². The molecule has 0 heterocycles. The Morgan fingerprint density at radius 1 is 0.159 bits per heavy atom. The van der Waals surface area contributed by atoms with Crippen molar-refractivity contribution in [1.82, 2.24) is 0 Å². The van der Waals surface area contributed by atoms with Gasteiger partial charge in [-0.15, -0.1) is 0 Å². The van der Waals surface area contributed by atoms with Crippen molar-refractivity contribution in [2.24, 2.45) is 0 Å². The van der Waals surface area contributed by atoms with Gasteiger partial charge in [0.05, 0.1) is 324 Å². The molecule has 1 rings (SSSR count). The third kappa shape index (κ3) is 68.8. The van der Waals surface area contributed by atoms with Crippen LogP contribution >= 0.6 is 0 Å². The molecule has 0 amide bonds. The highest BCUT2D eigenvalue weighted by Gasteiger charge is 2.01. The van der Waals surface area contributed by atoms with E-state index in [1.165, 1.54) is 0 Å². The Hall–Kier alpha value is -1.98. The summed E-state index contributed by atoms with van der Waals surface area (Å²) in [5, 5.41) is 8.61. The van der Waals surface area contributed by atoms with E-state index in [2.05, 4.69) is 0 Å². The SMILES string of the molecule is OCCOCCOCCOCCOCCOCCOCCOCCOCCOCCOCCOCCOCCOCCOCCOCCOCCOCCOCCOCCOCCOCCOCCOCCOCCOc1ccccc1. The van der Waals surface area contributed by atoms with Gasteiger partial charge in [-0.1, -0.05) is 18.2 Å². The van der Waals surface area contributed by atoms with E-state index < -0.39 is 0 Å². The van der Waals surface area contributed by atoms with E-state index in [4.69, 9.17) is 124 Å². The van der Waals surface area contributed by atoms with Gasteiger partial charge in [-0.05, 0) is 12.1 Å². The average Bonchev–Trinajstić information content (AvgIpc) is 3.49. The van der Waals surface area contributed by atoms with Crippen LogP contribution in [-0.4, -0.2) is 335 Å². The Morgan fingerprint density at radius 2 is 0.280 bits per heavy atom. The first kappa shape index (κ1) is 78.0. The Morgan fingerprint density at radius 3 is 0.415 bits per heavy atom.